The lowest BCUT2D eigenvalue weighted by Gasteiger charge is -2.34. The van der Waals surface area contributed by atoms with Crippen LogP contribution in [0.4, 0.5) is 10.1 Å². The zero-order valence-electron chi connectivity index (χ0n) is 19.2. The fourth-order valence-electron chi connectivity index (χ4n) is 4.71. The van der Waals surface area contributed by atoms with Crippen LogP contribution in [0.2, 0.25) is 0 Å². The molecule has 4 rings (SSSR count). The van der Waals surface area contributed by atoms with Crippen molar-refractivity contribution in [3.05, 3.63) is 101 Å². The molecule has 1 aliphatic rings. The van der Waals surface area contributed by atoms with Gasteiger partial charge in [-0.3, -0.25) is 9.21 Å². The van der Waals surface area contributed by atoms with Crippen molar-refractivity contribution in [2.75, 3.05) is 23.7 Å². The first-order valence-corrected chi connectivity index (χ1v) is 13.2. The van der Waals surface area contributed by atoms with Crippen molar-refractivity contribution >= 4 is 15.7 Å². The van der Waals surface area contributed by atoms with Gasteiger partial charge in [0.05, 0.1) is 18.5 Å². The number of piperidine rings is 1. The van der Waals surface area contributed by atoms with Crippen LogP contribution in [0.15, 0.2) is 72.8 Å². The molecule has 0 saturated carbocycles. The number of hydrogen-bond donors (Lipinski definition) is 0. The van der Waals surface area contributed by atoms with Crippen molar-refractivity contribution in [1.82, 2.24) is 4.90 Å². The maximum atomic E-state index is 13.2. The molecular weight excluding hydrogens is 435 g/mol. The average molecular weight is 467 g/mol. The van der Waals surface area contributed by atoms with E-state index in [1.807, 2.05) is 55.5 Å². The lowest BCUT2D eigenvalue weighted by Crippen LogP contribution is -2.33. The van der Waals surface area contributed by atoms with Gasteiger partial charge in [0.25, 0.3) is 0 Å². The molecule has 33 heavy (non-hydrogen) atoms. The van der Waals surface area contributed by atoms with Gasteiger partial charge in [0, 0.05) is 6.54 Å². The highest BCUT2D eigenvalue weighted by Crippen LogP contribution is 2.33. The summed E-state index contributed by atoms with van der Waals surface area (Å²) in [7, 11) is -3.43. The molecule has 1 aliphatic heterocycles. The molecule has 6 heteroatoms. The molecule has 0 amide bonds. The third kappa shape index (κ3) is 5.81. The Hall–Kier alpha value is -2.70. The van der Waals surface area contributed by atoms with Gasteiger partial charge in [-0.15, -0.1) is 0 Å². The van der Waals surface area contributed by atoms with Gasteiger partial charge in [-0.05, 0) is 79.2 Å². The number of nitrogens with zero attached hydrogens (tertiary/aromatic N) is 2. The molecule has 1 heterocycles. The Morgan fingerprint density at radius 1 is 0.939 bits per heavy atom. The third-order valence-electron chi connectivity index (χ3n) is 6.50. The van der Waals surface area contributed by atoms with Crippen molar-refractivity contribution in [1.29, 1.82) is 0 Å². The normalized spacial score (nSPS) is 15.5. The Morgan fingerprint density at radius 3 is 2.24 bits per heavy atom. The van der Waals surface area contributed by atoms with Crippen molar-refractivity contribution in [3.8, 4) is 0 Å². The Morgan fingerprint density at radius 2 is 1.58 bits per heavy atom. The summed E-state index contributed by atoms with van der Waals surface area (Å²) in [5.74, 6) is 0.187. The molecule has 4 nitrogen and oxygen atoms in total. The van der Waals surface area contributed by atoms with Gasteiger partial charge in [-0.1, -0.05) is 54.6 Å². The van der Waals surface area contributed by atoms with Gasteiger partial charge in [-0.2, -0.15) is 0 Å². The second kappa shape index (κ2) is 10.1. The highest BCUT2D eigenvalue weighted by atomic mass is 32.2. The fourth-order valence-corrected chi connectivity index (χ4v) is 5.64. The third-order valence-corrected chi connectivity index (χ3v) is 7.63. The Kier molecular flexibility index (Phi) is 7.15. The molecule has 0 unspecified atom stereocenters. The molecule has 0 spiro atoms. The van der Waals surface area contributed by atoms with Crippen LogP contribution in [0.25, 0.3) is 0 Å². The van der Waals surface area contributed by atoms with Gasteiger partial charge >= 0.3 is 0 Å². The van der Waals surface area contributed by atoms with E-state index < -0.39 is 10.0 Å². The fraction of sp³-hybridized carbons (Fsp3) is 0.333. The second-order valence-corrected chi connectivity index (χ2v) is 10.8. The van der Waals surface area contributed by atoms with E-state index in [9.17, 15) is 12.8 Å². The minimum absolute atomic E-state index is 0.206. The maximum absolute atomic E-state index is 13.2. The standard InChI is InChI=1S/C27H31FN2O2S/c1-21-7-3-6-10-27(21)30(33(2,31)32)20-24-8-4-5-9-26(24)23-15-17-29(18-16-23)19-22-11-13-25(28)14-12-22/h3-14,23H,15-20H2,1-2H3. The van der Waals surface area contributed by atoms with Crippen LogP contribution < -0.4 is 4.31 Å². The number of para-hydroxylation sites is 1. The van der Waals surface area contributed by atoms with E-state index in [1.165, 1.54) is 28.3 Å². The van der Waals surface area contributed by atoms with Crippen LogP contribution in [-0.2, 0) is 23.1 Å². The van der Waals surface area contributed by atoms with Crippen LogP contribution in [0.1, 0.15) is 41.0 Å². The lowest BCUT2D eigenvalue weighted by atomic mass is 9.86. The number of aryl methyl sites for hydroxylation is 1. The number of rotatable bonds is 7. The number of halogens is 1. The van der Waals surface area contributed by atoms with Crippen LogP contribution >= 0.6 is 0 Å². The van der Waals surface area contributed by atoms with E-state index in [1.54, 1.807) is 0 Å². The molecule has 0 N–H and O–H groups in total. The van der Waals surface area contributed by atoms with Crippen molar-refractivity contribution in [2.45, 2.75) is 38.8 Å². The molecule has 0 bridgehead atoms. The van der Waals surface area contributed by atoms with Gasteiger partial charge in [0.1, 0.15) is 5.82 Å². The molecule has 0 atom stereocenters. The zero-order chi connectivity index (χ0) is 23.4. The Balaban J connectivity index is 1.49. The first-order valence-electron chi connectivity index (χ1n) is 11.4. The molecule has 3 aromatic rings. The van der Waals surface area contributed by atoms with E-state index >= 15 is 0 Å². The summed E-state index contributed by atoms with van der Waals surface area (Å²) in [4.78, 5) is 2.41. The Bertz CT molecular complexity index is 1190. The first-order chi connectivity index (χ1) is 15.8. The number of hydrogen-bond acceptors (Lipinski definition) is 3. The van der Waals surface area contributed by atoms with E-state index in [0.29, 0.717) is 12.5 Å². The quantitative estimate of drug-likeness (QED) is 0.463. The minimum atomic E-state index is -3.43. The summed E-state index contributed by atoms with van der Waals surface area (Å²) in [5.41, 5.74) is 5.08. The molecule has 0 aromatic heterocycles. The van der Waals surface area contributed by atoms with E-state index in [0.717, 1.165) is 54.9 Å². The number of anilines is 1. The van der Waals surface area contributed by atoms with Crippen LogP contribution in [0.3, 0.4) is 0 Å². The van der Waals surface area contributed by atoms with Gasteiger partial charge in [0.2, 0.25) is 10.0 Å². The zero-order valence-corrected chi connectivity index (χ0v) is 20.1. The minimum Gasteiger partial charge on any atom is -0.299 e. The molecule has 0 aliphatic carbocycles. The van der Waals surface area contributed by atoms with Crippen molar-refractivity contribution in [3.63, 3.8) is 0 Å². The highest BCUT2D eigenvalue weighted by molar-refractivity contribution is 7.92. The predicted octanol–water partition coefficient (Wildman–Crippen LogP) is 5.48. The molecule has 3 aromatic carbocycles. The highest BCUT2D eigenvalue weighted by Gasteiger charge is 2.25. The van der Waals surface area contributed by atoms with Crippen molar-refractivity contribution in [2.24, 2.45) is 0 Å². The van der Waals surface area contributed by atoms with Gasteiger partial charge < -0.3 is 0 Å². The molecule has 1 saturated heterocycles. The maximum Gasteiger partial charge on any atom is 0.232 e. The summed E-state index contributed by atoms with van der Waals surface area (Å²) < 4.78 is 40.1. The molecule has 174 valence electrons. The summed E-state index contributed by atoms with van der Waals surface area (Å²) in [5, 5.41) is 0. The SMILES string of the molecule is Cc1ccccc1N(Cc1ccccc1C1CCN(Cc2ccc(F)cc2)CC1)S(C)(=O)=O. The number of sulfonamides is 1. The number of benzene rings is 3. The Labute approximate surface area is 196 Å². The molecular formula is C27H31FN2O2S. The monoisotopic (exact) mass is 466 g/mol. The smallest absolute Gasteiger partial charge is 0.232 e. The summed E-state index contributed by atoms with van der Waals surface area (Å²) in [6.45, 7) is 5.02. The largest absolute Gasteiger partial charge is 0.299 e. The van der Waals surface area contributed by atoms with E-state index in [-0.39, 0.29) is 5.82 Å². The summed E-state index contributed by atoms with van der Waals surface area (Å²) >= 11 is 0. The molecule has 0 radical (unpaired) electrons. The van der Waals surface area contributed by atoms with E-state index in [2.05, 4.69) is 17.0 Å². The van der Waals surface area contributed by atoms with Gasteiger partial charge in [0.15, 0.2) is 0 Å². The summed E-state index contributed by atoms with van der Waals surface area (Å²) in [6.07, 6.45) is 3.30. The van der Waals surface area contributed by atoms with E-state index in [4.69, 9.17) is 0 Å². The topological polar surface area (TPSA) is 40.6 Å². The van der Waals surface area contributed by atoms with Gasteiger partial charge in [-0.25, -0.2) is 12.8 Å². The first kappa shape index (κ1) is 23.5. The van der Waals surface area contributed by atoms with Crippen LogP contribution in [0.5, 0.6) is 0 Å². The van der Waals surface area contributed by atoms with Crippen LogP contribution in [-0.4, -0.2) is 32.7 Å². The molecule has 1 fully saturated rings. The summed E-state index contributed by atoms with van der Waals surface area (Å²) in [6, 6.07) is 22.6. The number of likely N-dealkylation sites (tertiary alicyclic amines) is 1. The van der Waals surface area contributed by atoms with Crippen molar-refractivity contribution < 1.29 is 12.8 Å². The average Bonchev–Trinajstić information content (AvgIpc) is 2.80. The second-order valence-electron chi connectivity index (χ2n) is 8.93. The lowest BCUT2D eigenvalue weighted by molar-refractivity contribution is 0.204. The van der Waals surface area contributed by atoms with Crippen LogP contribution in [0, 0.1) is 12.7 Å². The predicted molar refractivity (Wildman–Crippen MR) is 132 cm³/mol.